The van der Waals surface area contributed by atoms with Crippen LogP contribution >= 0.6 is 12.4 Å². The van der Waals surface area contributed by atoms with Crippen LogP contribution in [0.5, 0.6) is 0 Å². The van der Waals surface area contributed by atoms with Gasteiger partial charge in [0, 0.05) is 18.0 Å². The van der Waals surface area contributed by atoms with Crippen LogP contribution in [-0.4, -0.2) is 18.4 Å². The molecule has 1 saturated carbocycles. The van der Waals surface area contributed by atoms with Crippen LogP contribution in [0.2, 0.25) is 0 Å². The zero-order valence-electron chi connectivity index (χ0n) is 15.9. The first kappa shape index (κ1) is 21.6. The Balaban J connectivity index is 0.00000261. The number of nitrogens with one attached hydrogen (secondary N) is 1. The lowest BCUT2D eigenvalue weighted by Crippen LogP contribution is -2.33. The first-order chi connectivity index (χ1) is 12.6. The average molecular weight is 390 g/mol. The molecule has 2 aromatic carbocycles. The van der Waals surface area contributed by atoms with Gasteiger partial charge in [0.2, 0.25) is 0 Å². The van der Waals surface area contributed by atoms with Crippen molar-refractivity contribution in [1.82, 2.24) is 5.32 Å². The summed E-state index contributed by atoms with van der Waals surface area (Å²) in [7, 11) is 0. The molecule has 0 unspecified atom stereocenters. The van der Waals surface area contributed by atoms with Crippen LogP contribution in [0.3, 0.4) is 0 Å². The Hall–Kier alpha value is -1.71. The lowest BCUT2D eigenvalue weighted by molar-refractivity contribution is 0.0979. The van der Waals surface area contributed by atoms with E-state index in [0.29, 0.717) is 23.9 Å². The molecule has 0 saturated heterocycles. The second-order valence-corrected chi connectivity index (χ2v) is 7.45. The summed E-state index contributed by atoms with van der Waals surface area (Å²) in [5.74, 6) is 0.480. The highest BCUT2D eigenvalue weighted by Gasteiger charge is 2.21. The summed E-state index contributed by atoms with van der Waals surface area (Å²) in [6.07, 6.45) is 6.20. The molecule has 146 valence electrons. The molecule has 0 heterocycles. The maximum absolute atomic E-state index is 12.9. The molecule has 1 fully saturated rings. The van der Waals surface area contributed by atoms with Crippen LogP contribution in [0.1, 0.15) is 65.9 Å². The van der Waals surface area contributed by atoms with Gasteiger partial charge in [0.25, 0.3) is 0 Å². The van der Waals surface area contributed by atoms with E-state index in [-0.39, 0.29) is 24.0 Å². The minimum atomic E-state index is -0.301. The number of carbonyl (C=O) groups excluding carboxylic acids is 1. The first-order valence-corrected chi connectivity index (χ1v) is 9.70. The maximum Gasteiger partial charge on any atom is 0.162 e. The molecule has 1 aliphatic rings. The fourth-order valence-electron chi connectivity index (χ4n) is 3.80. The number of halogens is 2. The largest absolute Gasteiger partial charge is 0.314 e. The molecule has 0 spiro atoms. The van der Waals surface area contributed by atoms with E-state index < -0.39 is 0 Å². The standard InChI is InChI=1S/C23H28FNO.ClH/c1-17-4-6-18(7-5-17)19-10-14-22(15-11-19)25-16-2-3-23(26)20-8-12-21(24)13-9-20;/h4-9,12-13,19,22,25H,2-3,10-11,14-16H2,1H3;1H. The third-order valence-corrected chi connectivity index (χ3v) is 5.46. The molecule has 1 aliphatic carbocycles. The Bertz CT molecular complexity index is 706. The number of Topliss-reactive ketones (excluding diaryl/α,β-unsaturated/α-hetero) is 1. The van der Waals surface area contributed by atoms with Crippen molar-refractivity contribution in [2.24, 2.45) is 0 Å². The molecule has 2 aromatic rings. The summed E-state index contributed by atoms with van der Waals surface area (Å²) in [4.78, 5) is 12.1. The van der Waals surface area contributed by atoms with Gasteiger partial charge in [0.15, 0.2) is 5.78 Å². The molecule has 0 aromatic heterocycles. The molecule has 0 amide bonds. The molecule has 3 rings (SSSR count). The van der Waals surface area contributed by atoms with Gasteiger partial charge in [0.05, 0.1) is 0 Å². The summed E-state index contributed by atoms with van der Waals surface area (Å²) in [5, 5.41) is 3.61. The van der Waals surface area contributed by atoms with Crippen LogP contribution in [0, 0.1) is 12.7 Å². The second-order valence-electron chi connectivity index (χ2n) is 7.45. The Labute approximate surface area is 168 Å². The second kappa shape index (κ2) is 10.6. The topological polar surface area (TPSA) is 29.1 Å². The Morgan fingerprint density at radius 3 is 2.26 bits per heavy atom. The Morgan fingerprint density at radius 2 is 1.63 bits per heavy atom. The zero-order valence-corrected chi connectivity index (χ0v) is 16.7. The highest BCUT2D eigenvalue weighted by Crippen LogP contribution is 2.32. The van der Waals surface area contributed by atoms with Crippen molar-refractivity contribution in [3.63, 3.8) is 0 Å². The molecule has 0 atom stereocenters. The van der Waals surface area contributed by atoms with E-state index in [1.165, 1.54) is 48.9 Å². The molecular weight excluding hydrogens is 361 g/mol. The number of aryl methyl sites for hydroxylation is 1. The molecule has 0 aliphatic heterocycles. The van der Waals surface area contributed by atoms with Crippen molar-refractivity contribution >= 4 is 18.2 Å². The summed E-state index contributed by atoms with van der Waals surface area (Å²) in [5.41, 5.74) is 3.39. The fraction of sp³-hybridized carbons (Fsp3) is 0.435. The molecule has 2 nitrogen and oxygen atoms in total. The normalized spacial score (nSPS) is 19.3. The first-order valence-electron chi connectivity index (χ1n) is 9.70. The Kier molecular flexibility index (Phi) is 8.46. The minimum Gasteiger partial charge on any atom is -0.314 e. The molecular formula is C23H29ClFNO. The lowest BCUT2D eigenvalue weighted by Gasteiger charge is -2.29. The fourth-order valence-corrected chi connectivity index (χ4v) is 3.80. The van der Waals surface area contributed by atoms with Gasteiger partial charge in [-0.25, -0.2) is 4.39 Å². The number of carbonyl (C=O) groups is 1. The molecule has 4 heteroatoms. The van der Waals surface area contributed by atoms with Gasteiger partial charge >= 0.3 is 0 Å². The van der Waals surface area contributed by atoms with Crippen molar-refractivity contribution in [3.8, 4) is 0 Å². The smallest absolute Gasteiger partial charge is 0.162 e. The van der Waals surface area contributed by atoms with Crippen molar-refractivity contribution in [2.45, 2.75) is 57.4 Å². The van der Waals surface area contributed by atoms with Gasteiger partial charge in [-0.1, -0.05) is 29.8 Å². The van der Waals surface area contributed by atoms with E-state index in [4.69, 9.17) is 0 Å². The molecule has 27 heavy (non-hydrogen) atoms. The Morgan fingerprint density at radius 1 is 1.00 bits per heavy atom. The number of hydrogen-bond acceptors (Lipinski definition) is 2. The van der Waals surface area contributed by atoms with E-state index in [2.05, 4.69) is 36.5 Å². The minimum absolute atomic E-state index is 0. The van der Waals surface area contributed by atoms with E-state index in [1.54, 1.807) is 12.1 Å². The molecule has 1 N–H and O–H groups in total. The quantitative estimate of drug-likeness (QED) is 0.476. The summed E-state index contributed by atoms with van der Waals surface area (Å²) in [6.45, 7) is 3.00. The van der Waals surface area contributed by atoms with E-state index >= 15 is 0 Å². The zero-order chi connectivity index (χ0) is 18.4. The van der Waals surface area contributed by atoms with E-state index in [1.807, 2.05) is 0 Å². The van der Waals surface area contributed by atoms with Crippen molar-refractivity contribution in [2.75, 3.05) is 6.54 Å². The van der Waals surface area contributed by atoms with E-state index in [9.17, 15) is 9.18 Å². The van der Waals surface area contributed by atoms with Gasteiger partial charge in [-0.05, 0) is 81.3 Å². The SMILES string of the molecule is Cc1ccc(C2CCC(NCCCC(=O)c3ccc(F)cc3)CC2)cc1.Cl. The predicted octanol–water partition coefficient (Wildman–Crippen LogP) is 5.83. The number of benzene rings is 2. The summed E-state index contributed by atoms with van der Waals surface area (Å²) < 4.78 is 12.9. The highest BCUT2D eigenvalue weighted by molar-refractivity contribution is 5.95. The lowest BCUT2D eigenvalue weighted by atomic mass is 9.81. The number of rotatable bonds is 7. The van der Waals surface area contributed by atoms with Gasteiger partial charge in [-0.2, -0.15) is 0 Å². The van der Waals surface area contributed by atoms with Crippen LogP contribution < -0.4 is 5.32 Å². The molecule has 0 bridgehead atoms. The molecule has 0 radical (unpaired) electrons. The summed E-state index contributed by atoms with van der Waals surface area (Å²) in [6, 6.07) is 15.3. The van der Waals surface area contributed by atoms with Gasteiger partial charge in [-0.15, -0.1) is 12.4 Å². The number of hydrogen-bond donors (Lipinski definition) is 1. The van der Waals surface area contributed by atoms with Gasteiger partial charge in [-0.3, -0.25) is 4.79 Å². The third kappa shape index (κ3) is 6.44. The monoisotopic (exact) mass is 389 g/mol. The maximum atomic E-state index is 12.9. The van der Waals surface area contributed by atoms with Gasteiger partial charge in [0.1, 0.15) is 5.82 Å². The van der Waals surface area contributed by atoms with Crippen molar-refractivity contribution in [1.29, 1.82) is 0 Å². The van der Waals surface area contributed by atoms with Crippen LogP contribution in [0.15, 0.2) is 48.5 Å². The van der Waals surface area contributed by atoms with Crippen molar-refractivity contribution in [3.05, 3.63) is 71.0 Å². The van der Waals surface area contributed by atoms with Gasteiger partial charge < -0.3 is 5.32 Å². The average Bonchev–Trinajstić information content (AvgIpc) is 2.67. The van der Waals surface area contributed by atoms with Crippen LogP contribution in [0.4, 0.5) is 4.39 Å². The highest BCUT2D eigenvalue weighted by atomic mass is 35.5. The van der Waals surface area contributed by atoms with Crippen LogP contribution in [0.25, 0.3) is 0 Å². The number of ketones is 1. The third-order valence-electron chi connectivity index (χ3n) is 5.46. The van der Waals surface area contributed by atoms with Crippen molar-refractivity contribution < 1.29 is 9.18 Å². The van der Waals surface area contributed by atoms with Crippen LogP contribution in [-0.2, 0) is 0 Å². The van der Waals surface area contributed by atoms with E-state index in [0.717, 1.165) is 13.0 Å². The summed E-state index contributed by atoms with van der Waals surface area (Å²) >= 11 is 0. The predicted molar refractivity (Wildman–Crippen MR) is 111 cm³/mol.